The maximum absolute atomic E-state index is 12.4. The van der Waals surface area contributed by atoms with Gasteiger partial charge >= 0.3 is 0 Å². The highest BCUT2D eigenvalue weighted by Crippen LogP contribution is 2.28. The number of carbonyl (C=O) groups excluding carboxylic acids is 1. The van der Waals surface area contributed by atoms with Gasteiger partial charge in [0.1, 0.15) is 6.10 Å². The summed E-state index contributed by atoms with van der Waals surface area (Å²) in [6.45, 7) is 7.34. The van der Waals surface area contributed by atoms with E-state index in [4.69, 9.17) is 4.74 Å². The summed E-state index contributed by atoms with van der Waals surface area (Å²) in [5, 5.41) is 3.58. The SMILES string of the molecule is CN=C(NCC1CCCC(C)C1)N1CCN(C(=O)C2CCCO2)CC1. The number of hydrogen-bond donors (Lipinski definition) is 1. The van der Waals surface area contributed by atoms with Crippen LogP contribution in [0.4, 0.5) is 0 Å². The molecule has 1 N–H and O–H groups in total. The lowest BCUT2D eigenvalue weighted by atomic mass is 9.82. The Balaban J connectivity index is 1.43. The fourth-order valence-electron chi connectivity index (χ4n) is 4.43. The molecule has 1 amide bonds. The van der Waals surface area contributed by atoms with Gasteiger partial charge in [-0.3, -0.25) is 9.79 Å². The zero-order valence-corrected chi connectivity index (χ0v) is 15.9. The number of aliphatic imine (C=N–C) groups is 1. The van der Waals surface area contributed by atoms with Crippen LogP contribution in [-0.4, -0.2) is 74.1 Å². The van der Waals surface area contributed by atoms with Crippen LogP contribution in [0.3, 0.4) is 0 Å². The van der Waals surface area contributed by atoms with Crippen molar-refractivity contribution in [1.29, 1.82) is 0 Å². The van der Waals surface area contributed by atoms with Crippen LogP contribution in [0, 0.1) is 11.8 Å². The summed E-state index contributed by atoms with van der Waals surface area (Å²) in [6.07, 6.45) is 7.08. The number of nitrogens with zero attached hydrogens (tertiary/aromatic N) is 3. The topological polar surface area (TPSA) is 57.2 Å². The second-order valence-corrected chi connectivity index (χ2v) is 7.88. The van der Waals surface area contributed by atoms with Crippen LogP contribution in [0.1, 0.15) is 45.4 Å². The minimum Gasteiger partial charge on any atom is -0.368 e. The number of nitrogens with one attached hydrogen (secondary N) is 1. The van der Waals surface area contributed by atoms with E-state index in [1.165, 1.54) is 25.7 Å². The number of hydrogen-bond acceptors (Lipinski definition) is 3. The summed E-state index contributed by atoms with van der Waals surface area (Å²) in [5.74, 6) is 2.79. The van der Waals surface area contributed by atoms with Gasteiger partial charge in [0.05, 0.1) is 0 Å². The molecular weight excluding hydrogens is 316 g/mol. The number of amides is 1. The number of guanidine groups is 1. The fraction of sp³-hybridized carbons (Fsp3) is 0.895. The lowest BCUT2D eigenvalue weighted by Gasteiger charge is -2.38. The average Bonchev–Trinajstić information content (AvgIpc) is 3.17. The molecule has 2 saturated heterocycles. The Kier molecular flexibility index (Phi) is 6.57. The van der Waals surface area contributed by atoms with Crippen LogP contribution in [-0.2, 0) is 9.53 Å². The number of ether oxygens (including phenoxy) is 1. The van der Waals surface area contributed by atoms with Crippen molar-refractivity contribution in [1.82, 2.24) is 15.1 Å². The van der Waals surface area contributed by atoms with Gasteiger partial charge in [-0.1, -0.05) is 19.8 Å². The highest BCUT2D eigenvalue weighted by Gasteiger charge is 2.31. The van der Waals surface area contributed by atoms with E-state index in [0.717, 1.165) is 70.0 Å². The number of carbonyl (C=O) groups is 1. The molecule has 3 rings (SSSR count). The van der Waals surface area contributed by atoms with E-state index in [0.29, 0.717) is 0 Å². The van der Waals surface area contributed by atoms with Crippen molar-refractivity contribution >= 4 is 11.9 Å². The van der Waals surface area contributed by atoms with Crippen molar-refractivity contribution in [3.05, 3.63) is 0 Å². The molecule has 3 aliphatic rings. The summed E-state index contributed by atoms with van der Waals surface area (Å²) >= 11 is 0. The minimum atomic E-state index is -0.197. The molecule has 6 nitrogen and oxygen atoms in total. The van der Waals surface area contributed by atoms with Crippen molar-refractivity contribution in [3.8, 4) is 0 Å². The first-order valence-corrected chi connectivity index (χ1v) is 10.0. The minimum absolute atomic E-state index is 0.177. The van der Waals surface area contributed by atoms with Crippen molar-refractivity contribution < 1.29 is 9.53 Å². The van der Waals surface area contributed by atoms with E-state index in [1.807, 2.05) is 11.9 Å². The molecular formula is C19H34N4O2. The molecule has 3 unspecified atom stereocenters. The third-order valence-corrected chi connectivity index (χ3v) is 5.90. The highest BCUT2D eigenvalue weighted by molar-refractivity contribution is 5.82. The summed E-state index contributed by atoms with van der Waals surface area (Å²) in [4.78, 5) is 21.2. The average molecular weight is 351 g/mol. The number of rotatable bonds is 3. The van der Waals surface area contributed by atoms with Crippen LogP contribution in [0.5, 0.6) is 0 Å². The van der Waals surface area contributed by atoms with E-state index in [2.05, 4.69) is 22.1 Å². The van der Waals surface area contributed by atoms with E-state index < -0.39 is 0 Å². The standard InChI is InChI=1S/C19H34N4O2/c1-15-5-3-6-16(13-15)14-21-19(20-2)23-10-8-22(9-11-23)18(24)17-7-4-12-25-17/h15-17H,3-14H2,1-2H3,(H,20,21). The molecule has 0 radical (unpaired) electrons. The molecule has 3 atom stereocenters. The zero-order valence-electron chi connectivity index (χ0n) is 15.9. The summed E-state index contributed by atoms with van der Waals surface area (Å²) < 4.78 is 5.54. The molecule has 2 heterocycles. The molecule has 0 bridgehead atoms. The molecule has 1 saturated carbocycles. The van der Waals surface area contributed by atoms with Gasteiger partial charge in [-0.15, -0.1) is 0 Å². The van der Waals surface area contributed by atoms with Gasteiger partial charge in [0, 0.05) is 46.4 Å². The third-order valence-electron chi connectivity index (χ3n) is 5.90. The molecule has 6 heteroatoms. The predicted molar refractivity (Wildman–Crippen MR) is 99.6 cm³/mol. The molecule has 0 aromatic heterocycles. The molecule has 1 aliphatic carbocycles. The highest BCUT2D eigenvalue weighted by atomic mass is 16.5. The van der Waals surface area contributed by atoms with E-state index in [9.17, 15) is 4.79 Å². The van der Waals surface area contributed by atoms with Crippen LogP contribution in [0.15, 0.2) is 4.99 Å². The third kappa shape index (κ3) is 4.87. The monoisotopic (exact) mass is 350 g/mol. The Morgan fingerprint density at radius 3 is 2.52 bits per heavy atom. The van der Waals surface area contributed by atoms with Crippen molar-refractivity contribution in [2.24, 2.45) is 16.8 Å². The van der Waals surface area contributed by atoms with Gasteiger partial charge in [0.25, 0.3) is 5.91 Å². The molecule has 3 fully saturated rings. The van der Waals surface area contributed by atoms with Crippen molar-refractivity contribution in [2.45, 2.75) is 51.6 Å². The largest absolute Gasteiger partial charge is 0.368 e. The van der Waals surface area contributed by atoms with Gasteiger partial charge in [-0.05, 0) is 37.5 Å². The van der Waals surface area contributed by atoms with Crippen LogP contribution in [0.2, 0.25) is 0 Å². The lowest BCUT2D eigenvalue weighted by Crippen LogP contribution is -2.55. The summed E-state index contributed by atoms with van der Waals surface area (Å²) in [6, 6.07) is 0. The second kappa shape index (κ2) is 8.88. The first-order chi connectivity index (χ1) is 12.2. The Morgan fingerprint density at radius 2 is 1.88 bits per heavy atom. The summed E-state index contributed by atoms with van der Waals surface area (Å²) in [7, 11) is 1.86. The summed E-state index contributed by atoms with van der Waals surface area (Å²) in [5.41, 5.74) is 0. The van der Waals surface area contributed by atoms with Gasteiger partial charge in [0.15, 0.2) is 5.96 Å². The lowest BCUT2D eigenvalue weighted by molar-refractivity contribution is -0.142. The van der Waals surface area contributed by atoms with Crippen LogP contribution < -0.4 is 5.32 Å². The van der Waals surface area contributed by atoms with Crippen molar-refractivity contribution in [2.75, 3.05) is 46.4 Å². The zero-order chi connectivity index (χ0) is 17.6. The Labute approximate surface area is 152 Å². The molecule has 0 spiro atoms. The van der Waals surface area contributed by atoms with Gasteiger partial charge in [-0.2, -0.15) is 0 Å². The molecule has 0 aromatic rings. The van der Waals surface area contributed by atoms with Gasteiger partial charge < -0.3 is 19.9 Å². The van der Waals surface area contributed by atoms with E-state index >= 15 is 0 Å². The van der Waals surface area contributed by atoms with Gasteiger partial charge in [0.2, 0.25) is 0 Å². The fourth-order valence-corrected chi connectivity index (χ4v) is 4.43. The Bertz CT molecular complexity index is 468. The smallest absolute Gasteiger partial charge is 0.251 e. The quantitative estimate of drug-likeness (QED) is 0.622. The van der Waals surface area contributed by atoms with Crippen molar-refractivity contribution in [3.63, 3.8) is 0 Å². The molecule has 0 aromatic carbocycles. The molecule has 25 heavy (non-hydrogen) atoms. The predicted octanol–water partition coefficient (Wildman–Crippen LogP) is 1.71. The maximum Gasteiger partial charge on any atom is 0.251 e. The van der Waals surface area contributed by atoms with E-state index in [1.54, 1.807) is 0 Å². The normalized spacial score (nSPS) is 31.3. The first-order valence-electron chi connectivity index (χ1n) is 10.0. The van der Waals surface area contributed by atoms with Crippen LogP contribution >= 0.6 is 0 Å². The Morgan fingerprint density at radius 1 is 1.12 bits per heavy atom. The van der Waals surface area contributed by atoms with Crippen LogP contribution in [0.25, 0.3) is 0 Å². The Hall–Kier alpha value is -1.30. The maximum atomic E-state index is 12.4. The molecule has 142 valence electrons. The second-order valence-electron chi connectivity index (χ2n) is 7.88. The molecule has 2 aliphatic heterocycles. The number of piperazine rings is 1. The van der Waals surface area contributed by atoms with Gasteiger partial charge in [-0.25, -0.2) is 0 Å². The van der Waals surface area contributed by atoms with E-state index in [-0.39, 0.29) is 12.0 Å². The first kappa shape index (κ1) is 18.5.